The normalized spacial score (nSPS) is 11.3. The fourth-order valence-electron chi connectivity index (χ4n) is 1.22. The van der Waals surface area contributed by atoms with Crippen LogP contribution in [0.3, 0.4) is 0 Å². The molecule has 0 spiro atoms. The molecule has 1 rings (SSSR count). The van der Waals surface area contributed by atoms with Gasteiger partial charge in [-0.3, -0.25) is 0 Å². The molecule has 0 unspecified atom stereocenters. The summed E-state index contributed by atoms with van der Waals surface area (Å²) in [4.78, 5) is 0. The molecule has 2 heteroatoms. The molecule has 0 aromatic heterocycles. The van der Waals surface area contributed by atoms with Crippen LogP contribution in [0.5, 0.6) is 0 Å². The predicted octanol–water partition coefficient (Wildman–Crippen LogP) is 3.39. The van der Waals surface area contributed by atoms with Gasteiger partial charge in [0.25, 0.3) is 0 Å². The molecule has 1 aromatic rings. The van der Waals surface area contributed by atoms with Crippen molar-refractivity contribution in [2.24, 2.45) is 10.2 Å². The molecule has 0 N–H and O–H groups in total. The minimum Gasteiger partial charge on any atom is -0.161 e. The van der Waals surface area contributed by atoms with Crippen molar-refractivity contribution in [2.75, 3.05) is 0 Å². The second kappa shape index (κ2) is 5.44. The number of hydrogen-bond acceptors (Lipinski definition) is 2. The molecular formula is C13H18N2. The highest BCUT2D eigenvalue weighted by atomic mass is 15.2. The second-order valence-electron chi connectivity index (χ2n) is 4.04. The van der Waals surface area contributed by atoms with Crippen molar-refractivity contribution in [1.29, 1.82) is 0 Å². The van der Waals surface area contributed by atoms with Gasteiger partial charge in [0, 0.05) is 17.8 Å². The van der Waals surface area contributed by atoms with Crippen LogP contribution in [0.25, 0.3) is 0 Å². The van der Waals surface area contributed by atoms with E-state index in [9.17, 15) is 0 Å². The quantitative estimate of drug-likeness (QED) is 0.530. The predicted molar refractivity (Wildman–Crippen MR) is 66.8 cm³/mol. The summed E-state index contributed by atoms with van der Waals surface area (Å²) in [5.74, 6) is 0. The van der Waals surface area contributed by atoms with Crippen molar-refractivity contribution in [3.8, 4) is 0 Å². The van der Waals surface area contributed by atoms with Gasteiger partial charge in [-0.2, -0.15) is 10.2 Å². The number of nitrogens with zero attached hydrogens (tertiary/aromatic N) is 2. The first-order chi connectivity index (χ1) is 7.08. The summed E-state index contributed by atoms with van der Waals surface area (Å²) in [6, 6.07) is 8.52. The average Bonchev–Trinajstić information content (AvgIpc) is 2.19. The van der Waals surface area contributed by atoms with Crippen molar-refractivity contribution in [3.63, 3.8) is 0 Å². The van der Waals surface area contributed by atoms with E-state index < -0.39 is 0 Å². The summed E-state index contributed by atoms with van der Waals surface area (Å²) in [6.45, 7) is 7.99. The standard InChI is InChI=1S/C13H18N2/c1-10(2)14-15-12(4)9-13-7-5-11(3)6-8-13/h5-8H,9H2,1-4H3/b15-12-. The number of aryl methyl sites for hydroxylation is 1. The van der Waals surface area contributed by atoms with E-state index in [0.29, 0.717) is 0 Å². The maximum absolute atomic E-state index is 4.15. The third kappa shape index (κ3) is 4.54. The van der Waals surface area contributed by atoms with E-state index in [1.54, 1.807) is 0 Å². The van der Waals surface area contributed by atoms with Gasteiger partial charge in [0.1, 0.15) is 0 Å². The summed E-state index contributed by atoms with van der Waals surface area (Å²) in [7, 11) is 0. The molecule has 0 radical (unpaired) electrons. The number of hydrogen-bond donors (Lipinski definition) is 0. The lowest BCUT2D eigenvalue weighted by atomic mass is 10.1. The zero-order valence-corrected chi connectivity index (χ0v) is 9.91. The maximum atomic E-state index is 4.15. The van der Waals surface area contributed by atoms with E-state index in [4.69, 9.17) is 0 Å². The van der Waals surface area contributed by atoms with Crippen LogP contribution in [0.15, 0.2) is 34.5 Å². The van der Waals surface area contributed by atoms with Gasteiger partial charge in [-0.25, -0.2) is 0 Å². The van der Waals surface area contributed by atoms with Gasteiger partial charge in [-0.15, -0.1) is 0 Å². The summed E-state index contributed by atoms with van der Waals surface area (Å²) in [6.07, 6.45) is 0.872. The Morgan fingerprint density at radius 3 is 2.13 bits per heavy atom. The van der Waals surface area contributed by atoms with Crippen LogP contribution in [0.2, 0.25) is 0 Å². The van der Waals surface area contributed by atoms with Gasteiger partial charge in [-0.1, -0.05) is 29.8 Å². The molecule has 80 valence electrons. The van der Waals surface area contributed by atoms with E-state index in [1.807, 2.05) is 20.8 Å². The smallest absolute Gasteiger partial charge is 0.0418 e. The van der Waals surface area contributed by atoms with Gasteiger partial charge in [0.2, 0.25) is 0 Å². The van der Waals surface area contributed by atoms with Crippen molar-refractivity contribution in [3.05, 3.63) is 35.4 Å². The molecule has 0 fully saturated rings. The highest BCUT2D eigenvalue weighted by molar-refractivity contribution is 5.85. The number of benzene rings is 1. The minimum absolute atomic E-state index is 0.872. The lowest BCUT2D eigenvalue weighted by Crippen LogP contribution is -1.97. The van der Waals surface area contributed by atoms with E-state index in [0.717, 1.165) is 17.8 Å². The Bertz CT molecular complexity index is 368. The first-order valence-electron chi connectivity index (χ1n) is 5.18. The zero-order valence-electron chi connectivity index (χ0n) is 9.91. The molecule has 0 aliphatic heterocycles. The Morgan fingerprint density at radius 2 is 1.60 bits per heavy atom. The number of rotatable bonds is 3. The van der Waals surface area contributed by atoms with E-state index in [1.165, 1.54) is 11.1 Å². The van der Waals surface area contributed by atoms with Crippen LogP contribution in [0.1, 0.15) is 31.9 Å². The Kier molecular flexibility index (Phi) is 4.22. The topological polar surface area (TPSA) is 24.7 Å². The molecule has 15 heavy (non-hydrogen) atoms. The fourth-order valence-corrected chi connectivity index (χ4v) is 1.22. The van der Waals surface area contributed by atoms with Crippen LogP contribution >= 0.6 is 0 Å². The third-order valence-electron chi connectivity index (χ3n) is 2.00. The summed E-state index contributed by atoms with van der Waals surface area (Å²) in [5, 5.41) is 8.19. The Balaban J connectivity index is 2.66. The first kappa shape index (κ1) is 11.6. The van der Waals surface area contributed by atoms with Crippen LogP contribution < -0.4 is 0 Å². The lowest BCUT2D eigenvalue weighted by molar-refractivity contribution is 1.17. The highest BCUT2D eigenvalue weighted by Gasteiger charge is 1.95. The van der Waals surface area contributed by atoms with Crippen LogP contribution in [-0.4, -0.2) is 11.4 Å². The van der Waals surface area contributed by atoms with Crippen LogP contribution in [0, 0.1) is 6.92 Å². The van der Waals surface area contributed by atoms with Crippen LogP contribution in [-0.2, 0) is 6.42 Å². The van der Waals surface area contributed by atoms with Crippen molar-refractivity contribution < 1.29 is 0 Å². The summed E-state index contributed by atoms with van der Waals surface area (Å²) >= 11 is 0. The van der Waals surface area contributed by atoms with E-state index in [-0.39, 0.29) is 0 Å². The average molecular weight is 202 g/mol. The van der Waals surface area contributed by atoms with Crippen molar-refractivity contribution >= 4 is 11.4 Å². The zero-order chi connectivity index (χ0) is 11.3. The molecule has 0 saturated carbocycles. The van der Waals surface area contributed by atoms with Gasteiger partial charge in [-0.05, 0) is 33.3 Å². The molecule has 0 aliphatic rings. The minimum atomic E-state index is 0.872. The van der Waals surface area contributed by atoms with Gasteiger partial charge in [0.15, 0.2) is 0 Å². The third-order valence-corrected chi connectivity index (χ3v) is 2.00. The summed E-state index contributed by atoms with van der Waals surface area (Å²) < 4.78 is 0. The lowest BCUT2D eigenvalue weighted by Gasteiger charge is -2.00. The Morgan fingerprint density at radius 1 is 1.00 bits per heavy atom. The van der Waals surface area contributed by atoms with Gasteiger partial charge >= 0.3 is 0 Å². The molecule has 0 aliphatic carbocycles. The molecule has 0 atom stereocenters. The molecule has 0 heterocycles. The molecule has 0 bridgehead atoms. The van der Waals surface area contributed by atoms with Crippen LogP contribution in [0.4, 0.5) is 0 Å². The Hall–Kier alpha value is -1.44. The second-order valence-corrected chi connectivity index (χ2v) is 4.04. The molecule has 0 amide bonds. The largest absolute Gasteiger partial charge is 0.161 e. The Labute approximate surface area is 91.7 Å². The molecule has 1 aromatic carbocycles. The molecule has 2 nitrogen and oxygen atoms in total. The molecular weight excluding hydrogens is 184 g/mol. The monoisotopic (exact) mass is 202 g/mol. The maximum Gasteiger partial charge on any atom is 0.0418 e. The molecule has 0 saturated heterocycles. The summed E-state index contributed by atoms with van der Waals surface area (Å²) in [5.41, 5.74) is 4.60. The van der Waals surface area contributed by atoms with Crippen molar-refractivity contribution in [1.82, 2.24) is 0 Å². The van der Waals surface area contributed by atoms with Gasteiger partial charge in [0.05, 0.1) is 0 Å². The van der Waals surface area contributed by atoms with Crippen molar-refractivity contribution in [2.45, 2.75) is 34.1 Å². The SMILES string of the molecule is CC(C)=N/N=C(/C)Cc1ccc(C)cc1. The fraction of sp³-hybridized carbons (Fsp3) is 0.385. The van der Waals surface area contributed by atoms with E-state index in [2.05, 4.69) is 41.4 Å². The van der Waals surface area contributed by atoms with E-state index >= 15 is 0 Å². The first-order valence-corrected chi connectivity index (χ1v) is 5.18. The highest BCUT2D eigenvalue weighted by Crippen LogP contribution is 2.04. The van der Waals surface area contributed by atoms with Gasteiger partial charge < -0.3 is 0 Å².